The summed E-state index contributed by atoms with van der Waals surface area (Å²) in [4.78, 5) is 11.1. The van der Waals surface area contributed by atoms with E-state index < -0.39 is 0 Å². The van der Waals surface area contributed by atoms with Crippen molar-refractivity contribution in [2.75, 3.05) is 5.32 Å². The van der Waals surface area contributed by atoms with Crippen molar-refractivity contribution in [3.05, 3.63) is 64.8 Å². The molecule has 2 heterocycles. The predicted molar refractivity (Wildman–Crippen MR) is 77.6 cm³/mol. The normalized spacial score (nSPS) is 12.2. The largest absolute Gasteiger partial charge is 0.472 e. The van der Waals surface area contributed by atoms with E-state index in [-0.39, 0.29) is 11.6 Å². The molecule has 20 heavy (non-hydrogen) atoms. The van der Waals surface area contributed by atoms with Gasteiger partial charge in [-0.1, -0.05) is 12.1 Å². The maximum absolute atomic E-state index is 11.1. The highest BCUT2D eigenvalue weighted by molar-refractivity contribution is 5.62. The topological polar surface area (TPSA) is 73.8 Å². The summed E-state index contributed by atoms with van der Waals surface area (Å²) in [5.41, 5.74) is 3.73. The summed E-state index contributed by atoms with van der Waals surface area (Å²) < 4.78 is 5.08. The quantitative estimate of drug-likeness (QED) is 0.681. The zero-order chi connectivity index (χ0) is 13.9. The maximum atomic E-state index is 11.1. The van der Waals surface area contributed by atoms with E-state index in [0.29, 0.717) is 0 Å². The van der Waals surface area contributed by atoms with Gasteiger partial charge in [0.25, 0.3) is 5.56 Å². The molecule has 1 aromatic carbocycles. The van der Waals surface area contributed by atoms with Gasteiger partial charge in [0, 0.05) is 17.3 Å². The molecule has 0 radical (unpaired) electrons. The molecular weight excluding hydrogens is 254 g/mol. The molecule has 2 aromatic heterocycles. The van der Waals surface area contributed by atoms with Crippen molar-refractivity contribution >= 4 is 5.69 Å². The van der Waals surface area contributed by atoms with Gasteiger partial charge in [-0.15, -0.1) is 0 Å². The monoisotopic (exact) mass is 269 g/mol. The molecular formula is C15H15N3O2. The van der Waals surface area contributed by atoms with E-state index in [0.717, 1.165) is 22.5 Å². The van der Waals surface area contributed by atoms with Crippen LogP contribution >= 0.6 is 0 Å². The van der Waals surface area contributed by atoms with Gasteiger partial charge in [-0.3, -0.25) is 15.0 Å². The molecule has 0 aliphatic rings. The van der Waals surface area contributed by atoms with Crippen LogP contribution in [0.2, 0.25) is 0 Å². The van der Waals surface area contributed by atoms with Gasteiger partial charge in [-0.05, 0) is 30.7 Å². The minimum absolute atomic E-state index is 0.129. The Kier molecular flexibility index (Phi) is 3.16. The molecule has 3 rings (SSSR count). The molecule has 1 atom stereocenters. The summed E-state index contributed by atoms with van der Waals surface area (Å²) in [6.07, 6.45) is 3.40. The number of benzene rings is 1. The molecule has 5 nitrogen and oxygen atoms in total. The molecule has 0 aliphatic heterocycles. The summed E-state index contributed by atoms with van der Waals surface area (Å²) in [5.74, 6) is 0. The standard InChI is InChI=1S/C15H15N3O2/c1-10(12-6-7-20-9-12)16-13-4-2-11(3-5-13)14-8-15(19)18-17-14/h2-10,16H,1H3,(H2,17,18,19). The smallest absolute Gasteiger partial charge is 0.264 e. The Bertz CT molecular complexity index is 723. The van der Waals surface area contributed by atoms with Gasteiger partial charge in [0.15, 0.2) is 0 Å². The van der Waals surface area contributed by atoms with Crippen molar-refractivity contribution in [1.29, 1.82) is 0 Å². The second-order valence-electron chi connectivity index (χ2n) is 4.67. The Morgan fingerprint density at radius 2 is 1.95 bits per heavy atom. The molecule has 102 valence electrons. The molecule has 0 aliphatic carbocycles. The molecule has 0 saturated heterocycles. The maximum Gasteiger partial charge on any atom is 0.264 e. The molecule has 3 aromatic rings. The lowest BCUT2D eigenvalue weighted by Gasteiger charge is -2.13. The lowest BCUT2D eigenvalue weighted by atomic mass is 10.1. The van der Waals surface area contributed by atoms with E-state index in [1.54, 1.807) is 12.5 Å². The first-order chi connectivity index (χ1) is 9.72. The van der Waals surface area contributed by atoms with Crippen LogP contribution < -0.4 is 10.9 Å². The van der Waals surface area contributed by atoms with E-state index in [1.807, 2.05) is 30.3 Å². The number of hydrogen-bond donors (Lipinski definition) is 3. The summed E-state index contributed by atoms with van der Waals surface area (Å²) in [6.45, 7) is 2.07. The van der Waals surface area contributed by atoms with Gasteiger partial charge >= 0.3 is 0 Å². The fourth-order valence-electron chi connectivity index (χ4n) is 2.09. The van der Waals surface area contributed by atoms with Crippen molar-refractivity contribution in [3.8, 4) is 11.3 Å². The van der Waals surface area contributed by atoms with Crippen LogP contribution in [0.5, 0.6) is 0 Å². The van der Waals surface area contributed by atoms with Crippen LogP contribution in [0.4, 0.5) is 5.69 Å². The highest BCUT2D eigenvalue weighted by atomic mass is 16.3. The van der Waals surface area contributed by atoms with Crippen LogP contribution in [0.3, 0.4) is 0 Å². The third-order valence-corrected chi connectivity index (χ3v) is 3.22. The van der Waals surface area contributed by atoms with Crippen molar-refractivity contribution in [1.82, 2.24) is 10.2 Å². The molecule has 5 heteroatoms. The van der Waals surface area contributed by atoms with Crippen LogP contribution in [-0.2, 0) is 0 Å². The first-order valence-electron chi connectivity index (χ1n) is 6.39. The zero-order valence-electron chi connectivity index (χ0n) is 11.0. The van der Waals surface area contributed by atoms with Gasteiger partial charge in [-0.2, -0.15) is 0 Å². The highest BCUT2D eigenvalue weighted by Gasteiger charge is 2.07. The van der Waals surface area contributed by atoms with Crippen LogP contribution in [0.1, 0.15) is 18.5 Å². The number of hydrogen-bond acceptors (Lipinski definition) is 3. The fraction of sp³-hybridized carbons (Fsp3) is 0.133. The zero-order valence-corrected chi connectivity index (χ0v) is 11.0. The molecule has 1 unspecified atom stereocenters. The van der Waals surface area contributed by atoms with Gasteiger partial charge in [0.05, 0.1) is 24.3 Å². The Morgan fingerprint density at radius 3 is 2.55 bits per heavy atom. The first-order valence-corrected chi connectivity index (χ1v) is 6.39. The fourth-order valence-corrected chi connectivity index (χ4v) is 2.09. The number of aromatic nitrogens is 2. The molecule has 0 saturated carbocycles. The Balaban J connectivity index is 1.75. The molecule has 0 fully saturated rings. The number of furan rings is 1. The van der Waals surface area contributed by atoms with E-state index in [9.17, 15) is 4.79 Å². The number of aromatic amines is 2. The number of nitrogens with one attached hydrogen (secondary N) is 3. The molecule has 0 spiro atoms. The van der Waals surface area contributed by atoms with E-state index >= 15 is 0 Å². The Morgan fingerprint density at radius 1 is 1.15 bits per heavy atom. The average Bonchev–Trinajstić information content (AvgIpc) is 3.10. The second kappa shape index (κ2) is 5.13. The van der Waals surface area contributed by atoms with Gasteiger partial charge < -0.3 is 9.73 Å². The number of H-pyrrole nitrogens is 2. The summed E-state index contributed by atoms with van der Waals surface area (Å²) in [5, 5.41) is 8.75. The van der Waals surface area contributed by atoms with E-state index in [4.69, 9.17) is 4.42 Å². The summed E-state index contributed by atoms with van der Waals surface area (Å²) in [6, 6.07) is 11.5. The highest BCUT2D eigenvalue weighted by Crippen LogP contribution is 2.22. The Labute approximate surface area is 115 Å². The van der Waals surface area contributed by atoms with Crippen molar-refractivity contribution in [2.24, 2.45) is 0 Å². The molecule has 0 bridgehead atoms. The SMILES string of the molecule is CC(Nc1ccc(-c2cc(=O)[nH][nH]2)cc1)c1ccoc1. The van der Waals surface area contributed by atoms with Crippen LogP contribution in [0.25, 0.3) is 11.3 Å². The number of anilines is 1. The minimum Gasteiger partial charge on any atom is -0.472 e. The summed E-state index contributed by atoms with van der Waals surface area (Å²) in [7, 11) is 0. The predicted octanol–water partition coefficient (Wildman–Crippen LogP) is 3.14. The third kappa shape index (κ3) is 2.51. The Hall–Kier alpha value is -2.69. The van der Waals surface area contributed by atoms with Gasteiger partial charge in [-0.25, -0.2) is 0 Å². The van der Waals surface area contributed by atoms with E-state index in [1.165, 1.54) is 6.07 Å². The van der Waals surface area contributed by atoms with E-state index in [2.05, 4.69) is 22.4 Å². The van der Waals surface area contributed by atoms with Crippen LogP contribution in [0.15, 0.2) is 58.1 Å². The van der Waals surface area contributed by atoms with Gasteiger partial charge in [0.2, 0.25) is 0 Å². The molecule has 3 N–H and O–H groups in total. The second-order valence-corrected chi connectivity index (χ2v) is 4.67. The lowest BCUT2D eigenvalue weighted by Crippen LogP contribution is -2.05. The van der Waals surface area contributed by atoms with Crippen molar-refractivity contribution < 1.29 is 4.42 Å². The minimum atomic E-state index is -0.129. The van der Waals surface area contributed by atoms with Gasteiger partial charge in [0.1, 0.15) is 0 Å². The summed E-state index contributed by atoms with van der Waals surface area (Å²) >= 11 is 0. The lowest BCUT2D eigenvalue weighted by molar-refractivity contribution is 0.562. The van der Waals surface area contributed by atoms with Crippen molar-refractivity contribution in [2.45, 2.75) is 13.0 Å². The molecule has 0 amide bonds. The van der Waals surface area contributed by atoms with Crippen LogP contribution in [-0.4, -0.2) is 10.2 Å². The average molecular weight is 269 g/mol. The number of rotatable bonds is 4. The van der Waals surface area contributed by atoms with Crippen LogP contribution in [0, 0.1) is 0 Å². The first kappa shape index (κ1) is 12.3. The third-order valence-electron chi connectivity index (χ3n) is 3.22. The van der Waals surface area contributed by atoms with Crippen molar-refractivity contribution in [3.63, 3.8) is 0 Å².